The molecule has 2 aromatic rings. The molecule has 3 nitrogen and oxygen atoms in total. The number of ether oxygens (including phenoxy) is 2. The molecule has 21 heavy (non-hydrogen) atoms. The fraction of sp³-hybridized carbons (Fsp3) is 0.294. The molecule has 110 valence electrons. The molecule has 3 rings (SSSR count). The maximum atomic E-state index is 5.70. The topological polar surface area (TPSA) is 30.5 Å². The maximum absolute atomic E-state index is 5.70. The van der Waals surface area contributed by atoms with Crippen molar-refractivity contribution in [3.05, 3.63) is 57.2 Å². The van der Waals surface area contributed by atoms with E-state index in [1.54, 1.807) is 0 Å². The molecule has 4 heteroatoms. The van der Waals surface area contributed by atoms with Crippen LogP contribution < -0.4 is 14.8 Å². The van der Waals surface area contributed by atoms with Gasteiger partial charge in [-0.2, -0.15) is 0 Å². The van der Waals surface area contributed by atoms with E-state index in [9.17, 15) is 0 Å². The number of fused-ring (bicyclic) bond motifs is 1. The molecular weight excluding hydrogens is 377 g/mol. The molecule has 0 aliphatic carbocycles. The van der Waals surface area contributed by atoms with Crippen molar-refractivity contribution in [3.8, 4) is 11.5 Å². The van der Waals surface area contributed by atoms with Crippen LogP contribution in [0, 0.1) is 3.57 Å². The summed E-state index contributed by atoms with van der Waals surface area (Å²) in [6.07, 6.45) is 0. The van der Waals surface area contributed by atoms with E-state index in [4.69, 9.17) is 9.47 Å². The van der Waals surface area contributed by atoms with Gasteiger partial charge in [-0.25, -0.2) is 0 Å². The van der Waals surface area contributed by atoms with Crippen LogP contribution >= 0.6 is 22.6 Å². The van der Waals surface area contributed by atoms with Gasteiger partial charge in [0.25, 0.3) is 0 Å². The van der Waals surface area contributed by atoms with E-state index in [-0.39, 0.29) is 6.04 Å². The van der Waals surface area contributed by atoms with Crippen LogP contribution in [-0.4, -0.2) is 19.8 Å². The largest absolute Gasteiger partial charge is 0.486 e. The second-order valence-corrected chi connectivity index (χ2v) is 6.19. The van der Waals surface area contributed by atoms with E-state index in [1.165, 1.54) is 14.7 Å². The van der Waals surface area contributed by atoms with Gasteiger partial charge < -0.3 is 14.8 Å². The first-order valence-corrected chi connectivity index (χ1v) is 8.24. The van der Waals surface area contributed by atoms with Gasteiger partial charge in [-0.05, 0) is 64.5 Å². The van der Waals surface area contributed by atoms with E-state index in [0.29, 0.717) is 13.2 Å². The van der Waals surface area contributed by atoms with E-state index in [2.05, 4.69) is 71.2 Å². The summed E-state index contributed by atoms with van der Waals surface area (Å²) in [5, 5.41) is 3.55. The van der Waals surface area contributed by atoms with Gasteiger partial charge in [-0.1, -0.05) is 25.1 Å². The van der Waals surface area contributed by atoms with E-state index >= 15 is 0 Å². The molecule has 1 unspecified atom stereocenters. The number of benzene rings is 2. The van der Waals surface area contributed by atoms with Crippen LogP contribution in [0.5, 0.6) is 11.5 Å². The summed E-state index contributed by atoms with van der Waals surface area (Å²) in [5.74, 6) is 1.68. The minimum Gasteiger partial charge on any atom is -0.486 e. The minimum absolute atomic E-state index is 0.167. The zero-order valence-electron chi connectivity index (χ0n) is 11.9. The number of rotatable bonds is 4. The van der Waals surface area contributed by atoms with Crippen molar-refractivity contribution in [1.82, 2.24) is 5.32 Å². The Labute approximate surface area is 138 Å². The van der Waals surface area contributed by atoms with Gasteiger partial charge in [-0.3, -0.25) is 0 Å². The third-order valence-corrected chi connectivity index (χ3v) is 4.16. The zero-order chi connectivity index (χ0) is 14.7. The van der Waals surface area contributed by atoms with Crippen molar-refractivity contribution in [2.24, 2.45) is 0 Å². The number of nitrogens with one attached hydrogen (secondary N) is 1. The predicted octanol–water partition coefficient (Wildman–Crippen LogP) is 3.76. The number of hydrogen-bond donors (Lipinski definition) is 1. The highest BCUT2D eigenvalue weighted by Gasteiger charge is 2.18. The second-order valence-electron chi connectivity index (χ2n) is 4.95. The van der Waals surface area contributed by atoms with Crippen LogP contribution in [0.4, 0.5) is 0 Å². The molecule has 0 fully saturated rings. The molecule has 0 saturated carbocycles. The van der Waals surface area contributed by atoms with Gasteiger partial charge in [0.1, 0.15) is 13.2 Å². The van der Waals surface area contributed by atoms with Crippen molar-refractivity contribution in [1.29, 1.82) is 0 Å². The van der Waals surface area contributed by atoms with Crippen LogP contribution in [0.25, 0.3) is 0 Å². The monoisotopic (exact) mass is 395 g/mol. The first kappa shape index (κ1) is 14.7. The molecule has 0 radical (unpaired) electrons. The lowest BCUT2D eigenvalue weighted by Gasteiger charge is -2.23. The minimum atomic E-state index is 0.167. The normalized spacial score (nSPS) is 14.8. The van der Waals surface area contributed by atoms with Gasteiger partial charge in [-0.15, -0.1) is 0 Å². The van der Waals surface area contributed by atoms with Crippen molar-refractivity contribution in [2.75, 3.05) is 19.8 Å². The third-order valence-electron chi connectivity index (χ3n) is 3.49. The summed E-state index contributed by atoms with van der Waals surface area (Å²) in [5.41, 5.74) is 2.46. The SMILES string of the molecule is CCNC(c1cccc(I)c1)c1ccc2c(c1)OCCO2. The highest BCUT2D eigenvalue weighted by atomic mass is 127. The molecule has 0 aromatic heterocycles. The summed E-state index contributed by atoms with van der Waals surface area (Å²) < 4.78 is 12.5. The van der Waals surface area contributed by atoms with Crippen LogP contribution in [0.3, 0.4) is 0 Å². The van der Waals surface area contributed by atoms with Crippen molar-refractivity contribution >= 4 is 22.6 Å². The quantitative estimate of drug-likeness (QED) is 0.800. The van der Waals surface area contributed by atoms with Crippen molar-refractivity contribution in [3.63, 3.8) is 0 Å². The smallest absolute Gasteiger partial charge is 0.161 e. The Bertz CT molecular complexity index is 630. The number of hydrogen-bond acceptors (Lipinski definition) is 3. The highest BCUT2D eigenvalue weighted by Crippen LogP contribution is 2.34. The van der Waals surface area contributed by atoms with Crippen LogP contribution in [0.15, 0.2) is 42.5 Å². The van der Waals surface area contributed by atoms with Crippen molar-refractivity contribution < 1.29 is 9.47 Å². The first-order chi connectivity index (χ1) is 10.3. The molecule has 1 heterocycles. The molecule has 2 aromatic carbocycles. The molecule has 1 aliphatic rings. The van der Waals surface area contributed by atoms with E-state index in [0.717, 1.165) is 18.0 Å². The zero-order valence-corrected chi connectivity index (χ0v) is 14.1. The lowest BCUT2D eigenvalue weighted by atomic mass is 9.98. The summed E-state index contributed by atoms with van der Waals surface area (Å²) in [6, 6.07) is 14.9. The van der Waals surface area contributed by atoms with Gasteiger partial charge in [0, 0.05) is 3.57 Å². The second kappa shape index (κ2) is 6.66. The summed E-state index contributed by atoms with van der Waals surface area (Å²) in [4.78, 5) is 0. The number of halogens is 1. The predicted molar refractivity (Wildman–Crippen MR) is 92.1 cm³/mol. The van der Waals surface area contributed by atoms with Crippen molar-refractivity contribution in [2.45, 2.75) is 13.0 Å². The summed E-state index contributed by atoms with van der Waals surface area (Å²) in [7, 11) is 0. The Kier molecular flexibility index (Phi) is 4.65. The highest BCUT2D eigenvalue weighted by molar-refractivity contribution is 14.1. The average Bonchev–Trinajstić information content (AvgIpc) is 2.52. The van der Waals surface area contributed by atoms with Gasteiger partial charge in [0.15, 0.2) is 11.5 Å². The summed E-state index contributed by atoms with van der Waals surface area (Å²) >= 11 is 2.35. The van der Waals surface area contributed by atoms with Gasteiger partial charge >= 0.3 is 0 Å². The molecule has 0 saturated heterocycles. The Morgan fingerprint density at radius 1 is 1.05 bits per heavy atom. The fourth-order valence-corrected chi connectivity index (χ4v) is 3.13. The van der Waals surface area contributed by atoms with Crippen LogP contribution in [-0.2, 0) is 0 Å². The molecule has 0 spiro atoms. The maximum Gasteiger partial charge on any atom is 0.161 e. The average molecular weight is 395 g/mol. The molecule has 0 amide bonds. The molecule has 1 aliphatic heterocycles. The van der Waals surface area contributed by atoms with E-state index < -0.39 is 0 Å². The van der Waals surface area contributed by atoms with E-state index in [1.807, 2.05) is 6.07 Å². The Hall–Kier alpha value is -1.27. The summed E-state index contributed by atoms with van der Waals surface area (Å²) in [6.45, 7) is 4.27. The van der Waals surface area contributed by atoms with Crippen LogP contribution in [0.2, 0.25) is 0 Å². The van der Waals surface area contributed by atoms with Gasteiger partial charge in [0.2, 0.25) is 0 Å². The third kappa shape index (κ3) is 3.32. The molecular formula is C17H18INO2. The standard InChI is InChI=1S/C17H18INO2/c1-2-19-17(12-4-3-5-14(18)10-12)13-6-7-15-16(11-13)21-9-8-20-15/h3-7,10-11,17,19H,2,8-9H2,1H3. The molecule has 0 bridgehead atoms. The van der Waals surface area contributed by atoms with Gasteiger partial charge in [0.05, 0.1) is 6.04 Å². The first-order valence-electron chi connectivity index (χ1n) is 7.16. The molecule has 1 N–H and O–H groups in total. The Morgan fingerprint density at radius 3 is 2.57 bits per heavy atom. The lowest BCUT2D eigenvalue weighted by Crippen LogP contribution is -2.22. The Morgan fingerprint density at radius 2 is 1.81 bits per heavy atom. The lowest BCUT2D eigenvalue weighted by molar-refractivity contribution is 0.171. The fourth-order valence-electron chi connectivity index (χ4n) is 2.56. The molecule has 1 atom stereocenters. The van der Waals surface area contributed by atoms with Crippen LogP contribution in [0.1, 0.15) is 24.1 Å². The Balaban J connectivity index is 1.97.